The zero-order chi connectivity index (χ0) is 13.2. The van der Waals surface area contributed by atoms with Gasteiger partial charge in [0.15, 0.2) is 0 Å². The van der Waals surface area contributed by atoms with Gasteiger partial charge in [-0.15, -0.1) is 11.3 Å². The average molecular weight is 268 g/mol. The number of fused-ring (bicyclic) bond motifs is 1. The molecule has 0 atom stereocenters. The summed E-state index contributed by atoms with van der Waals surface area (Å²) in [6, 6.07) is 14.8. The van der Waals surface area contributed by atoms with Gasteiger partial charge in [-0.3, -0.25) is 0 Å². The summed E-state index contributed by atoms with van der Waals surface area (Å²) in [7, 11) is 0. The van der Waals surface area contributed by atoms with Crippen LogP contribution >= 0.6 is 11.3 Å². The van der Waals surface area contributed by atoms with E-state index in [4.69, 9.17) is 4.74 Å². The van der Waals surface area contributed by atoms with Gasteiger partial charge in [-0.05, 0) is 53.9 Å². The highest BCUT2D eigenvalue weighted by Crippen LogP contribution is 2.28. The van der Waals surface area contributed by atoms with Crippen LogP contribution in [0.25, 0.3) is 10.1 Å². The fourth-order valence-electron chi connectivity index (χ4n) is 2.17. The van der Waals surface area contributed by atoms with Gasteiger partial charge in [0.05, 0.1) is 0 Å². The van der Waals surface area contributed by atoms with Crippen LogP contribution < -0.4 is 4.74 Å². The van der Waals surface area contributed by atoms with Gasteiger partial charge in [0.25, 0.3) is 0 Å². The smallest absolute Gasteiger partial charge is 0.120 e. The number of ether oxygens (including phenoxy) is 1. The van der Waals surface area contributed by atoms with Crippen LogP contribution in [0.15, 0.2) is 47.8 Å². The molecule has 3 rings (SSSR count). The van der Waals surface area contributed by atoms with E-state index in [0.717, 1.165) is 5.75 Å². The molecule has 0 aliphatic heterocycles. The second-order valence-electron chi connectivity index (χ2n) is 4.87. The van der Waals surface area contributed by atoms with Gasteiger partial charge in [-0.25, -0.2) is 0 Å². The van der Waals surface area contributed by atoms with E-state index in [9.17, 15) is 0 Å². The van der Waals surface area contributed by atoms with E-state index in [0.29, 0.717) is 6.61 Å². The number of thiophene rings is 1. The van der Waals surface area contributed by atoms with Crippen LogP contribution in [0, 0.1) is 13.8 Å². The molecule has 1 nitrogen and oxygen atoms in total. The lowest BCUT2D eigenvalue weighted by molar-refractivity contribution is 0.308. The van der Waals surface area contributed by atoms with Gasteiger partial charge in [0, 0.05) is 10.3 Å². The molecule has 96 valence electrons. The van der Waals surface area contributed by atoms with Crippen LogP contribution in [-0.4, -0.2) is 0 Å². The monoisotopic (exact) mass is 268 g/mol. The molecule has 1 heterocycles. The number of rotatable bonds is 3. The molecule has 2 aromatic carbocycles. The Labute approximate surface area is 117 Å². The molecule has 0 fully saturated rings. The lowest BCUT2D eigenvalue weighted by atomic mass is 10.1. The normalized spacial score (nSPS) is 10.8. The Bertz CT molecular complexity index is 712. The standard InChI is InChI=1S/C17H16OS/c1-12-4-3-5-15(8-12)18-10-14-11-19-17-9-13(2)6-7-16(14)17/h3-9,11H,10H2,1-2H3. The minimum absolute atomic E-state index is 0.631. The molecule has 0 spiro atoms. The SMILES string of the molecule is Cc1cccc(OCc2csc3cc(C)ccc23)c1. The second-order valence-corrected chi connectivity index (χ2v) is 5.78. The largest absolute Gasteiger partial charge is 0.489 e. The van der Waals surface area contributed by atoms with Gasteiger partial charge in [-0.1, -0.05) is 24.3 Å². The van der Waals surface area contributed by atoms with E-state index in [2.05, 4.69) is 49.6 Å². The Hall–Kier alpha value is -1.80. The van der Waals surface area contributed by atoms with Crippen LogP contribution in [0.2, 0.25) is 0 Å². The zero-order valence-electron chi connectivity index (χ0n) is 11.1. The zero-order valence-corrected chi connectivity index (χ0v) is 12.0. The van der Waals surface area contributed by atoms with E-state index in [1.807, 2.05) is 12.1 Å². The molecule has 1 aromatic heterocycles. The molecule has 0 saturated carbocycles. The highest BCUT2D eigenvalue weighted by atomic mass is 32.1. The molecule has 0 N–H and O–H groups in total. The predicted octanol–water partition coefficient (Wildman–Crippen LogP) is 5.10. The minimum atomic E-state index is 0.631. The highest BCUT2D eigenvalue weighted by Gasteiger charge is 2.05. The minimum Gasteiger partial charge on any atom is -0.489 e. The number of aryl methyl sites for hydroxylation is 2. The maximum atomic E-state index is 5.88. The van der Waals surface area contributed by atoms with Crippen molar-refractivity contribution in [3.05, 3.63) is 64.5 Å². The van der Waals surface area contributed by atoms with E-state index in [-0.39, 0.29) is 0 Å². The summed E-state index contributed by atoms with van der Waals surface area (Å²) in [5.74, 6) is 0.937. The second kappa shape index (κ2) is 5.06. The molecule has 3 aromatic rings. The number of hydrogen-bond donors (Lipinski definition) is 0. The van der Waals surface area contributed by atoms with Gasteiger partial charge in [0.2, 0.25) is 0 Å². The summed E-state index contributed by atoms with van der Waals surface area (Å²) in [6.07, 6.45) is 0. The summed E-state index contributed by atoms with van der Waals surface area (Å²) in [5, 5.41) is 3.50. The third kappa shape index (κ3) is 2.64. The lowest BCUT2D eigenvalue weighted by Gasteiger charge is -2.06. The molecule has 0 aliphatic carbocycles. The van der Waals surface area contributed by atoms with Crippen molar-refractivity contribution in [2.24, 2.45) is 0 Å². The summed E-state index contributed by atoms with van der Waals surface area (Å²) in [5.41, 5.74) is 3.80. The fourth-order valence-corrected chi connectivity index (χ4v) is 3.21. The van der Waals surface area contributed by atoms with E-state index < -0.39 is 0 Å². The lowest BCUT2D eigenvalue weighted by Crippen LogP contribution is -1.94. The highest BCUT2D eigenvalue weighted by molar-refractivity contribution is 7.17. The quantitative estimate of drug-likeness (QED) is 0.642. The Balaban J connectivity index is 1.82. The predicted molar refractivity (Wildman–Crippen MR) is 82.1 cm³/mol. The van der Waals surface area contributed by atoms with Crippen molar-refractivity contribution in [3.8, 4) is 5.75 Å². The third-order valence-corrected chi connectivity index (χ3v) is 4.19. The Morgan fingerprint density at radius 3 is 2.68 bits per heavy atom. The van der Waals surface area contributed by atoms with Crippen molar-refractivity contribution in [3.63, 3.8) is 0 Å². The van der Waals surface area contributed by atoms with Crippen LogP contribution in [0.4, 0.5) is 0 Å². The maximum Gasteiger partial charge on any atom is 0.120 e. The molecule has 19 heavy (non-hydrogen) atoms. The Morgan fingerprint density at radius 1 is 1.00 bits per heavy atom. The fraction of sp³-hybridized carbons (Fsp3) is 0.176. The van der Waals surface area contributed by atoms with Crippen molar-refractivity contribution in [2.75, 3.05) is 0 Å². The molecular formula is C17H16OS. The average Bonchev–Trinajstić information content (AvgIpc) is 2.78. The topological polar surface area (TPSA) is 9.23 Å². The maximum absolute atomic E-state index is 5.88. The van der Waals surface area contributed by atoms with Crippen molar-refractivity contribution < 1.29 is 4.74 Å². The Morgan fingerprint density at radius 2 is 1.84 bits per heavy atom. The van der Waals surface area contributed by atoms with Crippen LogP contribution in [-0.2, 0) is 6.61 Å². The first-order chi connectivity index (χ1) is 9.22. The number of hydrogen-bond acceptors (Lipinski definition) is 2. The summed E-state index contributed by atoms with van der Waals surface area (Å²) in [4.78, 5) is 0. The van der Waals surface area contributed by atoms with Crippen LogP contribution in [0.5, 0.6) is 5.75 Å². The molecule has 0 radical (unpaired) electrons. The van der Waals surface area contributed by atoms with Crippen LogP contribution in [0.1, 0.15) is 16.7 Å². The first-order valence-electron chi connectivity index (χ1n) is 6.38. The van der Waals surface area contributed by atoms with Crippen molar-refractivity contribution in [1.82, 2.24) is 0 Å². The third-order valence-electron chi connectivity index (χ3n) is 3.20. The van der Waals surface area contributed by atoms with Gasteiger partial charge in [-0.2, -0.15) is 0 Å². The van der Waals surface area contributed by atoms with Crippen molar-refractivity contribution in [1.29, 1.82) is 0 Å². The molecule has 2 heteroatoms. The van der Waals surface area contributed by atoms with E-state index in [1.165, 1.54) is 26.8 Å². The van der Waals surface area contributed by atoms with Gasteiger partial charge in [0.1, 0.15) is 12.4 Å². The first-order valence-corrected chi connectivity index (χ1v) is 7.26. The molecule has 0 amide bonds. The Kier molecular flexibility index (Phi) is 3.26. The first kappa shape index (κ1) is 12.2. The van der Waals surface area contributed by atoms with Crippen LogP contribution in [0.3, 0.4) is 0 Å². The van der Waals surface area contributed by atoms with Crippen molar-refractivity contribution >= 4 is 21.4 Å². The molecule has 0 aliphatic rings. The summed E-state index contributed by atoms with van der Waals surface area (Å²) >= 11 is 1.79. The van der Waals surface area contributed by atoms with Crippen molar-refractivity contribution in [2.45, 2.75) is 20.5 Å². The molecule has 0 unspecified atom stereocenters. The van der Waals surface area contributed by atoms with Gasteiger partial charge >= 0.3 is 0 Å². The van der Waals surface area contributed by atoms with E-state index in [1.54, 1.807) is 11.3 Å². The molecule has 0 bridgehead atoms. The van der Waals surface area contributed by atoms with E-state index >= 15 is 0 Å². The van der Waals surface area contributed by atoms with Gasteiger partial charge < -0.3 is 4.74 Å². The molecular weight excluding hydrogens is 252 g/mol. The molecule has 0 saturated heterocycles. The summed E-state index contributed by atoms with van der Waals surface area (Å²) in [6.45, 7) is 4.84. The number of benzene rings is 2. The summed E-state index contributed by atoms with van der Waals surface area (Å²) < 4.78 is 7.21.